The second kappa shape index (κ2) is 6.76. The summed E-state index contributed by atoms with van der Waals surface area (Å²) in [6.45, 7) is 3.16. The minimum absolute atomic E-state index is 0.511. The van der Waals surface area contributed by atoms with Crippen molar-refractivity contribution >= 4 is 28.9 Å². The fourth-order valence-corrected chi connectivity index (χ4v) is 4.29. The normalized spacial score (nSPS) is 29.6. The third-order valence-corrected chi connectivity index (χ3v) is 5.74. The van der Waals surface area contributed by atoms with Gasteiger partial charge in [0, 0.05) is 17.1 Å². The summed E-state index contributed by atoms with van der Waals surface area (Å²) in [4.78, 5) is 0. The smallest absolute Gasteiger partial charge is 0.0641 e. The SMILES string of the molecule is Cc1cc(Cl)c(NC2CCCC2C2CCCCN2)cc1Cl. The Hall–Kier alpha value is -0.440. The molecule has 3 rings (SSSR count). The number of anilines is 1. The second-order valence-electron chi connectivity index (χ2n) is 6.48. The van der Waals surface area contributed by atoms with E-state index in [9.17, 15) is 0 Å². The fourth-order valence-electron chi connectivity index (χ4n) is 3.85. The van der Waals surface area contributed by atoms with E-state index < -0.39 is 0 Å². The van der Waals surface area contributed by atoms with Crippen molar-refractivity contribution in [2.24, 2.45) is 5.92 Å². The van der Waals surface area contributed by atoms with Crippen LogP contribution < -0.4 is 10.6 Å². The molecule has 2 nitrogen and oxygen atoms in total. The summed E-state index contributed by atoms with van der Waals surface area (Å²) in [6.07, 6.45) is 7.83. The maximum absolute atomic E-state index is 6.38. The molecule has 4 heteroatoms. The summed E-state index contributed by atoms with van der Waals surface area (Å²) in [5.41, 5.74) is 2.02. The van der Waals surface area contributed by atoms with Gasteiger partial charge in [0.2, 0.25) is 0 Å². The molecule has 1 heterocycles. The van der Waals surface area contributed by atoms with Gasteiger partial charge < -0.3 is 10.6 Å². The molecule has 0 bridgehead atoms. The molecule has 1 saturated heterocycles. The van der Waals surface area contributed by atoms with Gasteiger partial charge in [-0.3, -0.25) is 0 Å². The van der Waals surface area contributed by atoms with Crippen LogP contribution in [0, 0.1) is 12.8 Å². The van der Waals surface area contributed by atoms with E-state index in [1.165, 1.54) is 45.1 Å². The molecule has 1 saturated carbocycles. The third-order valence-electron chi connectivity index (χ3n) is 5.02. The lowest BCUT2D eigenvalue weighted by Gasteiger charge is -2.33. The Morgan fingerprint density at radius 1 is 1.05 bits per heavy atom. The van der Waals surface area contributed by atoms with Gasteiger partial charge in [-0.15, -0.1) is 0 Å². The first-order valence-corrected chi connectivity index (χ1v) is 8.86. The molecular formula is C17H24Cl2N2. The van der Waals surface area contributed by atoms with Crippen LogP contribution in [0.5, 0.6) is 0 Å². The summed E-state index contributed by atoms with van der Waals surface area (Å²) in [5, 5.41) is 8.94. The Bertz CT molecular complexity index is 498. The van der Waals surface area contributed by atoms with Gasteiger partial charge in [0.25, 0.3) is 0 Å². The molecule has 2 N–H and O–H groups in total. The first-order valence-electron chi connectivity index (χ1n) is 8.10. The number of hydrogen-bond donors (Lipinski definition) is 2. The quantitative estimate of drug-likeness (QED) is 0.814. The molecule has 1 aliphatic carbocycles. The van der Waals surface area contributed by atoms with Gasteiger partial charge in [-0.2, -0.15) is 0 Å². The Morgan fingerprint density at radius 3 is 2.67 bits per heavy atom. The van der Waals surface area contributed by atoms with Crippen LogP contribution >= 0.6 is 23.2 Å². The molecule has 1 aromatic carbocycles. The monoisotopic (exact) mass is 326 g/mol. The van der Waals surface area contributed by atoms with E-state index in [0.717, 1.165) is 21.3 Å². The standard InChI is InChI=1S/C17H24Cl2N2/c1-11-9-14(19)17(10-13(11)18)21-16-7-4-5-12(16)15-6-2-3-8-20-15/h9-10,12,15-16,20-21H,2-8H2,1H3. The van der Waals surface area contributed by atoms with Crippen LogP contribution in [0.25, 0.3) is 0 Å². The fraction of sp³-hybridized carbons (Fsp3) is 0.647. The van der Waals surface area contributed by atoms with Crippen LogP contribution in [-0.2, 0) is 0 Å². The van der Waals surface area contributed by atoms with Crippen LogP contribution in [0.15, 0.2) is 12.1 Å². The zero-order chi connectivity index (χ0) is 14.8. The molecule has 21 heavy (non-hydrogen) atoms. The highest BCUT2D eigenvalue weighted by molar-refractivity contribution is 6.35. The molecule has 3 unspecified atom stereocenters. The highest BCUT2D eigenvalue weighted by Crippen LogP contribution is 2.36. The first kappa shape index (κ1) is 15.5. The van der Waals surface area contributed by atoms with Gasteiger partial charge in [0.15, 0.2) is 0 Å². The maximum Gasteiger partial charge on any atom is 0.0641 e. The van der Waals surface area contributed by atoms with E-state index in [-0.39, 0.29) is 0 Å². The van der Waals surface area contributed by atoms with Crippen LogP contribution in [0.1, 0.15) is 44.1 Å². The van der Waals surface area contributed by atoms with E-state index >= 15 is 0 Å². The summed E-state index contributed by atoms with van der Waals surface area (Å²) in [7, 11) is 0. The molecule has 0 aromatic heterocycles. The van der Waals surface area contributed by atoms with Gasteiger partial charge in [0.1, 0.15) is 0 Å². The summed E-state index contributed by atoms with van der Waals surface area (Å²) in [5.74, 6) is 0.710. The third kappa shape index (κ3) is 3.49. The average molecular weight is 327 g/mol. The van der Waals surface area contributed by atoms with E-state index in [0.29, 0.717) is 18.0 Å². The van der Waals surface area contributed by atoms with E-state index in [1.54, 1.807) is 0 Å². The van der Waals surface area contributed by atoms with E-state index in [4.69, 9.17) is 23.2 Å². The first-order chi connectivity index (χ1) is 10.1. The molecule has 116 valence electrons. The van der Waals surface area contributed by atoms with Crippen LogP contribution in [-0.4, -0.2) is 18.6 Å². The predicted molar refractivity (Wildman–Crippen MR) is 91.6 cm³/mol. The molecule has 2 fully saturated rings. The molecule has 3 atom stereocenters. The van der Waals surface area contributed by atoms with Gasteiger partial charge in [0.05, 0.1) is 10.7 Å². The Labute approximate surface area is 137 Å². The maximum atomic E-state index is 6.38. The van der Waals surface area contributed by atoms with Gasteiger partial charge in [-0.05, 0) is 62.8 Å². The predicted octanol–water partition coefficient (Wildman–Crippen LogP) is 5.02. The largest absolute Gasteiger partial charge is 0.381 e. The van der Waals surface area contributed by atoms with Crippen LogP contribution in [0.3, 0.4) is 0 Å². The van der Waals surface area contributed by atoms with Crippen LogP contribution in [0.2, 0.25) is 10.0 Å². The molecule has 1 aliphatic heterocycles. The van der Waals surface area contributed by atoms with Crippen molar-refractivity contribution in [3.8, 4) is 0 Å². The topological polar surface area (TPSA) is 24.1 Å². The Kier molecular flexibility index (Phi) is 4.98. The number of nitrogens with one attached hydrogen (secondary N) is 2. The lowest BCUT2D eigenvalue weighted by molar-refractivity contribution is 0.286. The number of halogens is 2. The minimum Gasteiger partial charge on any atom is -0.381 e. The number of rotatable bonds is 3. The number of aryl methyl sites for hydroxylation is 1. The average Bonchev–Trinajstić information content (AvgIpc) is 2.94. The van der Waals surface area contributed by atoms with E-state index in [1.807, 2.05) is 19.1 Å². The van der Waals surface area contributed by atoms with Crippen molar-refractivity contribution in [2.75, 3.05) is 11.9 Å². The summed E-state index contributed by atoms with van der Waals surface area (Å²) >= 11 is 12.6. The van der Waals surface area contributed by atoms with Crippen molar-refractivity contribution in [3.05, 3.63) is 27.7 Å². The Balaban J connectivity index is 1.72. The van der Waals surface area contributed by atoms with Gasteiger partial charge in [-0.1, -0.05) is 36.0 Å². The summed E-state index contributed by atoms with van der Waals surface area (Å²) < 4.78 is 0. The van der Waals surface area contributed by atoms with Gasteiger partial charge >= 0.3 is 0 Å². The minimum atomic E-state index is 0.511. The lowest BCUT2D eigenvalue weighted by atomic mass is 9.88. The number of benzene rings is 1. The second-order valence-corrected chi connectivity index (χ2v) is 7.30. The molecule has 0 amide bonds. The number of piperidine rings is 1. The Morgan fingerprint density at radius 2 is 1.90 bits per heavy atom. The van der Waals surface area contributed by atoms with Crippen LogP contribution in [0.4, 0.5) is 5.69 Å². The lowest BCUT2D eigenvalue weighted by Crippen LogP contribution is -2.44. The zero-order valence-electron chi connectivity index (χ0n) is 12.6. The van der Waals surface area contributed by atoms with Crippen molar-refractivity contribution in [1.82, 2.24) is 5.32 Å². The number of hydrogen-bond acceptors (Lipinski definition) is 2. The molecule has 0 radical (unpaired) electrons. The summed E-state index contributed by atoms with van der Waals surface area (Å²) in [6, 6.07) is 5.10. The molecule has 0 spiro atoms. The zero-order valence-corrected chi connectivity index (χ0v) is 14.1. The highest BCUT2D eigenvalue weighted by Gasteiger charge is 2.34. The van der Waals surface area contributed by atoms with Gasteiger partial charge in [-0.25, -0.2) is 0 Å². The van der Waals surface area contributed by atoms with Crippen molar-refractivity contribution in [2.45, 2.75) is 57.5 Å². The van der Waals surface area contributed by atoms with Crippen molar-refractivity contribution in [1.29, 1.82) is 0 Å². The van der Waals surface area contributed by atoms with Crippen molar-refractivity contribution in [3.63, 3.8) is 0 Å². The molecular weight excluding hydrogens is 303 g/mol. The highest BCUT2D eigenvalue weighted by atomic mass is 35.5. The molecule has 2 aliphatic rings. The van der Waals surface area contributed by atoms with E-state index in [2.05, 4.69) is 10.6 Å². The van der Waals surface area contributed by atoms with Crippen molar-refractivity contribution < 1.29 is 0 Å². The molecule has 1 aromatic rings.